The number of methoxy groups -OCH3 is 2. The van der Waals surface area contributed by atoms with E-state index in [-0.39, 0.29) is 16.6 Å². The number of aromatic nitrogens is 2. The van der Waals surface area contributed by atoms with Gasteiger partial charge in [-0.05, 0) is 37.0 Å². The molecule has 6 nitrogen and oxygen atoms in total. The molecular formula is C21H24ClN3O3. The molecule has 3 rings (SSSR count). The van der Waals surface area contributed by atoms with Crippen molar-refractivity contribution in [3.05, 3.63) is 58.5 Å². The third kappa shape index (κ3) is 4.12. The summed E-state index contributed by atoms with van der Waals surface area (Å²) in [6.45, 7) is 6.91. The van der Waals surface area contributed by atoms with Crippen molar-refractivity contribution in [2.24, 2.45) is 0 Å². The maximum Gasteiger partial charge on any atom is 0.358 e. The molecule has 0 radical (unpaired) electrons. The minimum Gasteiger partial charge on any atom is -0.496 e. The van der Waals surface area contributed by atoms with Crippen molar-refractivity contribution < 1.29 is 14.3 Å². The maximum atomic E-state index is 12.2. The van der Waals surface area contributed by atoms with Gasteiger partial charge in [0.15, 0.2) is 11.5 Å². The van der Waals surface area contributed by atoms with Crippen molar-refractivity contribution >= 4 is 23.4 Å². The molecule has 0 saturated heterocycles. The number of nitrogens with zero attached hydrogens (tertiary/aromatic N) is 3. The number of hydrogen-bond acceptors (Lipinski definition) is 6. The van der Waals surface area contributed by atoms with Crippen LogP contribution in [0.4, 0.5) is 5.82 Å². The van der Waals surface area contributed by atoms with E-state index in [0.29, 0.717) is 24.7 Å². The zero-order valence-electron chi connectivity index (χ0n) is 16.4. The van der Waals surface area contributed by atoms with Crippen LogP contribution in [-0.4, -0.2) is 36.7 Å². The summed E-state index contributed by atoms with van der Waals surface area (Å²) in [6, 6.07) is 5.91. The second-order valence-electron chi connectivity index (χ2n) is 6.75. The van der Waals surface area contributed by atoms with E-state index in [2.05, 4.69) is 11.6 Å². The molecule has 1 aromatic heterocycles. The van der Waals surface area contributed by atoms with Crippen LogP contribution in [-0.2, 0) is 11.3 Å². The van der Waals surface area contributed by atoms with Crippen molar-refractivity contribution in [3.8, 4) is 5.75 Å². The monoisotopic (exact) mass is 401 g/mol. The topological polar surface area (TPSA) is 64.5 Å². The number of carbonyl (C=O) groups excluding carboxylic acids is 1. The average Bonchev–Trinajstić information content (AvgIpc) is 3.54. The van der Waals surface area contributed by atoms with Crippen LogP contribution in [0.15, 0.2) is 30.9 Å². The van der Waals surface area contributed by atoms with Gasteiger partial charge in [-0.2, -0.15) is 0 Å². The number of ether oxygens (including phenoxy) is 2. The van der Waals surface area contributed by atoms with Crippen LogP contribution in [0.3, 0.4) is 0 Å². The van der Waals surface area contributed by atoms with Crippen molar-refractivity contribution in [2.45, 2.75) is 32.2 Å². The van der Waals surface area contributed by atoms with Crippen molar-refractivity contribution in [2.75, 3.05) is 25.7 Å². The quantitative estimate of drug-likeness (QED) is 0.485. The van der Waals surface area contributed by atoms with E-state index >= 15 is 0 Å². The highest BCUT2D eigenvalue weighted by Crippen LogP contribution is 2.40. The molecule has 1 heterocycles. The summed E-state index contributed by atoms with van der Waals surface area (Å²) in [4.78, 5) is 23.3. The largest absolute Gasteiger partial charge is 0.496 e. The van der Waals surface area contributed by atoms with Crippen LogP contribution >= 0.6 is 11.6 Å². The molecule has 0 bridgehead atoms. The smallest absolute Gasteiger partial charge is 0.358 e. The molecule has 7 heteroatoms. The van der Waals surface area contributed by atoms with Crippen LogP contribution in [0, 0.1) is 6.92 Å². The summed E-state index contributed by atoms with van der Waals surface area (Å²) in [5, 5.41) is 0.193. The molecule has 0 unspecified atom stereocenters. The molecule has 0 N–H and O–H groups in total. The zero-order valence-corrected chi connectivity index (χ0v) is 17.1. The fourth-order valence-corrected chi connectivity index (χ4v) is 3.34. The lowest BCUT2D eigenvalue weighted by atomic mass is 10.1. The van der Waals surface area contributed by atoms with Gasteiger partial charge >= 0.3 is 5.97 Å². The molecule has 0 aliphatic heterocycles. The van der Waals surface area contributed by atoms with Gasteiger partial charge < -0.3 is 14.4 Å². The average molecular weight is 402 g/mol. The first kappa shape index (κ1) is 20.1. The van der Waals surface area contributed by atoms with Gasteiger partial charge in [-0.1, -0.05) is 29.8 Å². The Labute approximate surface area is 170 Å². The van der Waals surface area contributed by atoms with E-state index in [1.54, 1.807) is 13.2 Å². The Morgan fingerprint density at radius 3 is 2.71 bits per heavy atom. The molecule has 0 amide bonds. The van der Waals surface area contributed by atoms with Gasteiger partial charge in [0.1, 0.15) is 16.6 Å². The standard InChI is InChI=1S/C21H24ClN3O3/c1-5-11-25(12-15-7-6-8-16(27-3)13(15)2)20-17(22)18(21(26)28-4)23-19(24-20)14-9-10-14/h5-8,14H,1,9-12H2,2-4H3. The van der Waals surface area contributed by atoms with Crippen LogP contribution in [0.1, 0.15) is 46.2 Å². The predicted octanol–water partition coefficient (Wildman–Crippen LogP) is 4.30. The fourth-order valence-electron chi connectivity index (χ4n) is 3.06. The minimum atomic E-state index is -0.563. The van der Waals surface area contributed by atoms with E-state index in [1.165, 1.54) is 7.11 Å². The Hall–Kier alpha value is -2.60. The van der Waals surface area contributed by atoms with Gasteiger partial charge in [-0.25, -0.2) is 14.8 Å². The number of anilines is 1. The third-order valence-corrected chi connectivity index (χ3v) is 5.15. The van der Waals surface area contributed by atoms with E-state index in [9.17, 15) is 4.79 Å². The lowest BCUT2D eigenvalue weighted by Gasteiger charge is -2.25. The molecule has 1 saturated carbocycles. The molecular weight excluding hydrogens is 378 g/mol. The van der Waals surface area contributed by atoms with Crippen LogP contribution in [0.25, 0.3) is 0 Å². The normalized spacial score (nSPS) is 13.1. The molecule has 0 spiro atoms. The summed E-state index contributed by atoms with van der Waals surface area (Å²) in [7, 11) is 2.97. The molecule has 1 aliphatic carbocycles. The van der Waals surface area contributed by atoms with Crippen LogP contribution in [0.5, 0.6) is 5.75 Å². The van der Waals surface area contributed by atoms with E-state index in [0.717, 1.165) is 29.7 Å². The molecule has 1 aromatic carbocycles. The number of benzene rings is 1. The fraction of sp³-hybridized carbons (Fsp3) is 0.381. The summed E-state index contributed by atoms with van der Waals surface area (Å²) in [5.41, 5.74) is 2.22. The Bertz CT molecular complexity index is 897. The lowest BCUT2D eigenvalue weighted by molar-refractivity contribution is 0.0593. The second kappa shape index (κ2) is 8.61. The zero-order chi connectivity index (χ0) is 20.3. The van der Waals surface area contributed by atoms with Gasteiger partial charge in [-0.3, -0.25) is 0 Å². The highest BCUT2D eigenvalue weighted by atomic mass is 35.5. The van der Waals surface area contributed by atoms with Gasteiger partial charge in [-0.15, -0.1) is 6.58 Å². The first-order valence-electron chi connectivity index (χ1n) is 9.14. The van der Waals surface area contributed by atoms with Gasteiger partial charge in [0.05, 0.1) is 14.2 Å². The lowest BCUT2D eigenvalue weighted by Crippen LogP contribution is -2.26. The Kier molecular flexibility index (Phi) is 6.19. The predicted molar refractivity (Wildman–Crippen MR) is 109 cm³/mol. The van der Waals surface area contributed by atoms with Crippen LogP contribution < -0.4 is 9.64 Å². The third-order valence-electron chi connectivity index (χ3n) is 4.80. The minimum absolute atomic E-state index is 0.104. The number of rotatable bonds is 8. The summed E-state index contributed by atoms with van der Waals surface area (Å²) in [6.07, 6.45) is 3.80. The van der Waals surface area contributed by atoms with Gasteiger partial charge in [0.2, 0.25) is 0 Å². The highest BCUT2D eigenvalue weighted by Gasteiger charge is 2.31. The van der Waals surface area contributed by atoms with E-state index in [1.807, 2.05) is 30.0 Å². The SMILES string of the molecule is C=CCN(Cc1cccc(OC)c1C)c1nc(C2CC2)nc(C(=O)OC)c1Cl. The number of halogens is 1. The maximum absolute atomic E-state index is 12.2. The molecule has 2 aromatic rings. The van der Waals surface area contributed by atoms with Crippen LogP contribution in [0.2, 0.25) is 5.02 Å². The van der Waals surface area contributed by atoms with Gasteiger partial charge in [0.25, 0.3) is 0 Å². The Morgan fingerprint density at radius 1 is 1.36 bits per heavy atom. The molecule has 1 aliphatic rings. The van der Waals surface area contributed by atoms with E-state index in [4.69, 9.17) is 26.1 Å². The molecule has 1 fully saturated rings. The first-order chi connectivity index (χ1) is 13.5. The summed E-state index contributed by atoms with van der Waals surface area (Å²) >= 11 is 6.55. The van der Waals surface area contributed by atoms with Crippen molar-refractivity contribution in [1.29, 1.82) is 0 Å². The number of esters is 1. The Morgan fingerprint density at radius 2 is 2.11 bits per heavy atom. The number of hydrogen-bond donors (Lipinski definition) is 0. The molecule has 0 atom stereocenters. The molecule has 148 valence electrons. The van der Waals surface area contributed by atoms with E-state index < -0.39 is 5.97 Å². The Balaban J connectivity index is 2.05. The molecule has 28 heavy (non-hydrogen) atoms. The highest BCUT2D eigenvalue weighted by molar-refractivity contribution is 6.35. The summed E-state index contributed by atoms with van der Waals surface area (Å²) < 4.78 is 10.3. The van der Waals surface area contributed by atoms with Gasteiger partial charge in [0, 0.05) is 19.0 Å². The van der Waals surface area contributed by atoms with Crippen molar-refractivity contribution in [1.82, 2.24) is 9.97 Å². The van der Waals surface area contributed by atoms with Crippen molar-refractivity contribution in [3.63, 3.8) is 0 Å². The second-order valence-corrected chi connectivity index (χ2v) is 7.13. The first-order valence-corrected chi connectivity index (χ1v) is 9.52. The summed E-state index contributed by atoms with van der Waals surface area (Å²) in [5.74, 6) is 1.67. The number of carbonyl (C=O) groups is 1.